The number of aromatic nitrogens is 1. The molecule has 1 aliphatic rings. The van der Waals surface area contributed by atoms with Gasteiger partial charge in [-0.3, -0.25) is 4.79 Å². The van der Waals surface area contributed by atoms with E-state index in [2.05, 4.69) is 10.3 Å². The first-order valence-electron chi connectivity index (χ1n) is 10.4. The minimum atomic E-state index is -0.952. The monoisotopic (exact) mass is 426 g/mol. The summed E-state index contributed by atoms with van der Waals surface area (Å²) in [4.78, 5) is 16.2. The first kappa shape index (κ1) is 21.5. The van der Waals surface area contributed by atoms with E-state index in [0.717, 1.165) is 27.7 Å². The standard InChI is InChI=1S/C24H27FN2O4/c1-23(2)30-14-24(13-28,15-31-23)27-21(29)12-11-19-18-5-3-4-6-20(18)26-22(19)16-7-9-17(25)10-8-16/h3-10,26,28H,11-15H2,1-2H3,(H,27,29). The van der Waals surface area contributed by atoms with Gasteiger partial charge in [-0.2, -0.15) is 0 Å². The number of fused-ring (bicyclic) bond motifs is 1. The molecule has 0 aliphatic carbocycles. The Morgan fingerprint density at radius 1 is 1.13 bits per heavy atom. The van der Waals surface area contributed by atoms with Crippen molar-refractivity contribution < 1.29 is 23.8 Å². The third-order valence-corrected chi connectivity index (χ3v) is 5.65. The quantitative estimate of drug-likeness (QED) is 0.563. The van der Waals surface area contributed by atoms with Gasteiger partial charge < -0.3 is 24.9 Å². The highest BCUT2D eigenvalue weighted by Gasteiger charge is 2.40. The van der Waals surface area contributed by atoms with Crippen molar-refractivity contribution >= 4 is 16.8 Å². The van der Waals surface area contributed by atoms with Crippen molar-refractivity contribution in [2.75, 3.05) is 19.8 Å². The van der Waals surface area contributed by atoms with E-state index >= 15 is 0 Å². The third kappa shape index (κ3) is 4.63. The molecule has 2 aromatic carbocycles. The molecule has 0 bridgehead atoms. The van der Waals surface area contributed by atoms with Gasteiger partial charge in [0.15, 0.2) is 5.79 Å². The molecule has 3 aromatic rings. The first-order chi connectivity index (χ1) is 14.8. The number of hydrogen-bond donors (Lipinski definition) is 3. The summed E-state index contributed by atoms with van der Waals surface area (Å²) in [6, 6.07) is 14.2. The van der Waals surface area contributed by atoms with E-state index < -0.39 is 11.3 Å². The van der Waals surface area contributed by atoms with Crippen LogP contribution in [0.5, 0.6) is 0 Å². The van der Waals surface area contributed by atoms with Crippen molar-refractivity contribution in [2.24, 2.45) is 0 Å². The highest BCUT2D eigenvalue weighted by atomic mass is 19.1. The van der Waals surface area contributed by atoms with E-state index in [4.69, 9.17) is 9.47 Å². The Morgan fingerprint density at radius 2 is 1.81 bits per heavy atom. The van der Waals surface area contributed by atoms with Crippen molar-refractivity contribution in [1.29, 1.82) is 0 Å². The zero-order valence-corrected chi connectivity index (χ0v) is 17.7. The van der Waals surface area contributed by atoms with Gasteiger partial charge in [0.25, 0.3) is 0 Å². The van der Waals surface area contributed by atoms with Gasteiger partial charge in [-0.05, 0) is 61.7 Å². The Balaban J connectivity index is 1.53. The molecule has 0 saturated carbocycles. The summed E-state index contributed by atoms with van der Waals surface area (Å²) >= 11 is 0. The van der Waals surface area contributed by atoms with Crippen molar-refractivity contribution in [2.45, 2.75) is 38.0 Å². The molecule has 1 fully saturated rings. The van der Waals surface area contributed by atoms with E-state index in [1.54, 1.807) is 26.0 Å². The molecule has 31 heavy (non-hydrogen) atoms. The molecule has 0 atom stereocenters. The number of halogens is 1. The largest absolute Gasteiger partial charge is 0.394 e. The van der Waals surface area contributed by atoms with Crippen LogP contribution in [0.4, 0.5) is 4.39 Å². The molecular weight excluding hydrogens is 399 g/mol. The van der Waals surface area contributed by atoms with Gasteiger partial charge in [0, 0.05) is 23.0 Å². The number of hydrogen-bond acceptors (Lipinski definition) is 4. The summed E-state index contributed by atoms with van der Waals surface area (Å²) in [5.41, 5.74) is 2.73. The number of aryl methyl sites for hydroxylation is 1. The van der Waals surface area contributed by atoms with E-state index in [0.29, 0.717) is 6.42 Å². The van der Waals surface area contributed by atoms with Gasteiger partial charge >= 0.3 is 0 Å². The lowest BCUT2D eigenvalue weighted by Gasteiger charge is -2.42. The molecule has 0 radical (unpaired) electrons. The van der Waals surface area contributed by atoms with Crippen molar-refractivity contribution in [3.63, 3.8) is 0 Å². The number of benzene rings is 2. The predicted molar refractivity (Wildman–Crippen MR) is 116 cm³/mol. The first-order valence-corrected chi connectivity index (χ1v) is 10.4. The molecule has 1 amide bonds. The number of aliphatic hydroxyl groups is 1. The number of para-hydroxylation sites is 1. The van der Waals surface area contributed by atoms with Crippen LogP contribution < -0.4 is 5.32 Å². The fraction of sp³-hybridized carbons (Fsp3) is 0.375. The summed E-state index contributed by atoms with van der Waals surface area (Å²) in [6.45, 7) is 3.67. The zero-order valence-electron chi connectivity index (χ0n) is 17.7. The lowest BCUT2D eigenvalue weighted by molar-refractivity contribution is -0.274. The van der Waals surface area contributed by atoms with Crippen molar-refractivity contribution in [3.8, 4) is 11.3 Å². The Kier molecular flexibility index (Phi) is 5.83. The van der Waals surface area contributed by atoms with Crippen LogP contribution >= 0.6 is 0 Å². The van der Waals surface area contributed by atoms with Gasteiger partial charge in [-0.15, -0.1) is 0 Å². The molecule has 0 spiro atoms. The Hall–Kier alpha value is -2.74. The molecule has 2 heterocycles. The van der Waals surface area contributed by atoms with Gasteiger partial charge in [-0.25, -0.2) is 4.39 Å². The maximum absolute atomic E-state index is 13.4. The molecule has 1 aliphatic heterocycles. The summed E-state index contributed by atoms with van der Waals surface area (Å²) in [6.07, 6.45) is 0.707. The summed E-state index contributed by atoms with van der Waals surface area (Å²) < 4.78 is 24.7. The second kappa shape index (κ2) is 8.42. The smallest absolute Gasteiger partial charge is 0.220 e. The van der Waals surface area contributed by atoms with Crippen LogP contribution in [0.15, 0.2) is 48.5 Å². The third-order valence-electron chi connectivity index (χ3n) is 5.65. The number of amides is 1. The highest BCUT2D eigenvalue weighted by Crippen LogP contribution is 2.31. The fourth-order valence-electron chi connectivity index (χ4n) is 3.83. The van der Waals surface area contributed by atoms with E-state index in [-0.39, 0.29) is 38.0 Å². The Bertz CT molecular complexity index is 1060. The molecule has 6 nitrogen and oxygen atoms in total. The predicted octanol–water partition coefficient (Wildman–Crippen LogP) is 3.54. The lowest BCUT2D eigenvalue weighted by Crippen LogP contribution is -2.63. The van der Waals surface area contributed by atoms with Gasteiger partial charge in [0.1, 0.15) is 11.4 Å². The molecule has 1 saturated heterocycles. The number of carbonyl (C=O) groups excluding carboxylic acids is 1. The second-order valence-corrected chi connectivity index (χ2v) is 8.49. The van der Waals surface area contributed by atoms with Gasteiger partial charge in [0.05, 0.1) is 19.8 Å². The number of H-pyrrole nitrogens is 1. The number of ether oxygens (including phenoxy) is 2. The average Bonchev–Trinajstić information content (AvgIpc) is 3.13. The minimum Gasteiger partial charge on any atom is -0.394 e. The van der Waals surface area contributed by atoms with E-state index in [1.807, 2.05) is 24.3 Å². The summed E-state index contributed by atoms with van der Waals surface area (Å²) in [5, 5.41) is 13.8. The van der Waals surface area contributed by atoms with Crippen LogP contribution in [0.25, 0.3) is 22.2 Å². The molecular formula is C24H27FN2O4. The fourth-order valence-corrected chi connectivity index (χ4v) is 3.83. The molecule has 1 aromatic heterocycles. The van der Waals surface area contributed by atoms with Gasteiger partial charge in [0.2, 0.25) is 5.91 Å². The van der Waals surface area contributed by atoms with Crippen molar-refractivity contribution in [3.05, 3.63) is 59.9 Å². The second-order valence-electron chi connectivity index (χ2n) is 8.49. The molecule has 164 valence electrons. The lowest BCUT2D eigenvalue weighted by atomic mass is 9.99. The van der Waals surface area contributed by atoms with Crippen LogP contribution in [0.1, 0.15) is 25.8 Å². The Labute approximate surface area is 180 Å². The van der Waals surface area contributed by atoms with Gasteiger partial charge in [-0.1, -0.05) is 18.2 Å². The van der Waals surface area contributed by atoms with Crippen LogP contribution in [-0.4, -0.2) is 47.1 Å². The van der Waals surface area contributed by atoms with Crippen LogP contribution in [0, 0.1) is 5.82 Å². The molecule has 3 N–H and O–H groups in total. The number of aliphatic hydroxyl groups excluding tert-OH is 1. The highest BCUT2D eigenvalue weighted by molar-refractivity contribution is 5.91. The normalized spacial score (nSPS) is 17.5. The topological polar surface area (TPSA) is 83.6 Å². The van der Waals surface area contributed by atoms with Crippen LogP contribution in [0.3, 0.4) is 0 Å². The minimum absolute atomic E-state index is 0.177. The molecule has 4 rings (SSSR count). The SMILES string of the molecule is CC1(C)OCC(CO)(NC(=O)CCc2c(-c3ccc(F)cc3)[nH]c3ccccc23)CO1. The number of rotatable bonds is 6. The maximum Gasteiger partial charge on any atom is 0.220 e. The van der Waals surface area contributed by atoms with Crippen molar-refractivity contribution in [1.82, 2.24) is 10.3 Å². The Morgan fingerprint density at radius 3 is 2.48 bits per heavy atom. The molecule has 7 heteroatoms. The van der Waals surface area contributed by atoms with E-state index in [9.17, 15) is 14.3 Å². The zero-order chi connectivity index (χ0) is 22.1. The van der Waals surface area contributed by atoms with Crippen LogP contribution in [0.2, 0.25) is 0 Å². The summed E-state index contributed by atoms with van der Waals surface area (Å²) in [7, 11) is 0. The number of aromatic amines is 1. The maximum atomic E-state index is 13.4. The summed E-state index contributed by atoms with van der Waals surface area (Å²) in [5.74, 6) is -1.23. The average molecular weight is 426 g/mol. The number of carbonyl (C=O) groups is 1. The van der Waals surface area contributed by atoms with Crippen LogP contribution in [-0.2, 0) is 20.7 Å². The van der Waals surface area contributed by atoms with E-state index in [1.165, 1.54) is 12.1 Å². The molecule has 0 unspecified atom stereocenters. The number of nitrogens with one attached hydrogen (secondary N) is 2.